The quantitative estimate of drug-likeness (QED) is 0.746. The number of methoxy groups -OCH3 is 1. The molecule has 1 N–H and O–H groups in total. The number of carbonyl (C=O) groups excluding carboxylic acids is 2. The van der Waals surface area contributed by atoms with Crippen molar-refractivity contribution in [2.24, 2.45) is 0 Å². The Bertz CT molecular complexity index is 459. The summed E-state index contributed by atoms with van der Waals surface area (Å²) in [5, 5.41) is 2.77. The number of benzene rings is 1. The van der Waals surface area contributed by atoms with Crippen molar-refractivity contribution in [2.45, 2.75) is 19.4 Å². The standard InChI is InChI=1S/C12H14N2O3/c1-8-7-11(15)13-9-5-3-4-6-10(9)14(8)12(16)17-2/h3-6,8H,7H2,1-2H3,(H,13,15)/t8-/m0/s1. The highest BCUT2D eigenvalue weighted by Gasteiger charge is 2.29. The highest BCUT2D eigenvalue weighted by molar-refractivity contribution is 6.02. The fourth-order valence-electron chi connectivity index (χ4n) is 1.96. The second-order valence-corrected chi connectivity index (χ2v) is 3.96. The van der Waals surface area contributed by atoms with Crippen molar-refractivity contribution in [3.8, 4) is 0 Å². The minimum absolute atomic E-state index is 0.101. The number of hydrogen-bond donors (Lipinski definition) is 1. The average Bonchev–Trinajstić information content (AvgIpc) is 2.42. The summed E-state index contributed by atoms with van der Waals surface area (Å²) in [6, 6.07) is 6.95. The first-order valence-electron chi connectivity index (χ1n) is 5.39. The summed E-state index contributed by atoms with van der Waals surface area (Å²) in [4.78, 5) is 24.9. The Morgan fingerprint density at radius 3 is 2.88 bits per heavy atom. The summed E-state index contributed by atoms with van der Waals surface area (Å²) >= 11 is 0. The van der Waals surface area contributed by atoms with Crippen molar-refractivity contribution in [3.63, 3.8) is 0 Å². The van der Waals surface area contributed by atoms with Gasteiger partial charge in [-0.1, -0.05) is 12.1 Å². The molecule has 1 aromatic rings. The molecule has 0 radical (unpaired) electrons. The number of hydrogen-bond acceptors (Lipinski definition) is 3. The number of rotatable bonds is 0. The molecule has 0 unspecified atom stereocenters. The highest BCUT2D eigenvalue weighted by Crippen LogP contribution is 2.31. The number of fused-ring (bicyclic) bond motifs is 1. The van der Waals surface area contributed by atoms with Crippen LogP contribution in [0.4, 0.5) is 16.2 Å². The molecule has 0 aliphatic carbocycles. The molecule has 1 aliphatic rings. The Morgan fingerprint density at radius 2 is 2.18 bits per heavy atom. The summed E-state index contributed by atoms with van der Waals surface area (Å²) < 4.78 is 4.76. The topological polar surface area (TPSA) is 58.6 Å². The Balaban J connectivity index is 2.49. The Kier molecular flexibility index (Phi) is 2.99. The molecule has 0 saturated carbocycles. The molecule has 17 heavy (non-hydrogen) atoms. The van der Waals surface area contributed by atoms with Crippen molar-refractivity contribution in [3.05, 3.63) is 24.3 Å². The third-order valence-electron chi connectivity index (χ3n) is 2.73. The maximum atomic E-state index is 11.8. The predicted octanol–water partition coefficient (Wildman–Crippen LogP) is 1.99. The molecule has 0 saturated heterocycles. The van der Waals surface area contributed by atoms with Gasteiger partial charge in [-0.2, -0.15) is 0 Å². The van der Waals surface area contributed by atoms with Crippen LogP contribution >= 0.6 is 0 Å². The van der Waals surface area contributed by atoms with Gasteiger partial charge in [-0.3, -0.25) is 9.69 Å². The van der Waals surface area contributed by atoms with Crippen LogP contribution in [0.2, 0.25) is 0 Å². The minimum Gasteiger partial charge on any atom is -0.452 e. The van der Waals surface area contributed by atoms with Crippen molar-refractivity contribution < 1.29 is 14.3 Å². The third-order valence-corrected chi connectivity index (χ3v) is 2.73. The largest absolute Gasteiger partial charge is 0.452 e. The van der Waals surface area contributed by atoms with E-state index in [0.29, 0.717) is 11.4 Å². The molecular formula is C12H14N2O3. The van der Waals surface area contributed by atoms with Gasteiger partial charge in [0.1, 0.15) is 0 Å². The second-order valence-electron chi connectivity index (χ2n) is 3.96. The van der Waals surface area contributed by atoms with Crippen LogP contribution in [0.5, 0.6) is 0 Å². The summed E-state index contributed by atoms with van der Waals surface area (Å²) in [5.74, 6) is -0.101. The van der Waals surface area contributed by atoms with E-state index in [2.05, 4.69) is 5.32 Å². The molecule has 2 rings (SSSR count). The zero-order chi connectivity index (χ0) is 12.4. The predicted molar refractivity (Wildman–Crippen MR) is 64.0 cm³/mol. The molecule has 90 valence electrons. The van der Waals surface area contributed by atoms with Crippen LogP contribution in [-0.2, 0) is 9.53 Å². The van der Waals surface area contributed by atoms with Gasteiger partial charge >= 0.3 is 6.09 Å². The monoisotopic (exact) mass is 234 g/mol. The summed E-state index contributed by atoms with van der Waals surface area (Å²) in [6.45, 7) is 1.82. The highest BCUT2D eigenvalue weighted by atomic mass is 16.5. The molecule has 1 aliphatic heterocycles. The van der Waals surface area contributed by atoms with E-state index >= 15 is 0 Å². The number of amides is 2. The minimum atomic E-state index is -0.457. The fraction of sp³-hybridized carbons (Fsp3) is 0.333. The smallest absolute Gasteiger partial charge is 0.414 e. The van der Waals surface area contributed by atoms with Crippen LogP contribution in [0.1, 0.15) is 13.3 Å². The fourth-order valence-corrected chi connectivity index (χ4v) is 1.96. The van der Waals surface area contributed by atoms with Crippen LogP contribution in [0.25, 0.3) is 0 Å². The first kappa shape index (κ1) is 11.4. The zero-order valence-electron chi connectivity index (χ0n) is 9.77. The molecule has 5 nitrogen and oxygen atoms in total. The van der Waals surface area contributed by atoms with Gasteiger partial charge in [0.2, 0.25) is 5.91 Å². The van der Waals surface area contributed by atoms with Crippen LogP contribution in [0.15, 0.2) is 24.3 Å². The van der Waals surface area contributed by atoms with Gasteiger partial charge in [0, 0.05) is 12.5 Å². The first-order valence-corrected chi connectivity index (χ1v) is 5.39. The van der Waals surface area contributed by atoms with Gasteiger partial charge in [-0.25, -0.2) is 4.79 Å². The normalized spacial score (nSPS) is 19.1. The van der Waals surface area contributed by atoms with Gasteiger partial charge in [0.15, 0.2) is 0 Å². The Labute approximate surface area is 99.4 Å². The summed E-state index contributed by atoms with van der Waals surface area (Å²) in [5.41, 5.74) is 1.30. The SMILES string of the molecule is COC(=O)N1c2ccccc2NC(=O)C[C@@H]1C. The number of para-hydroxylation sites is 2. The second kappa shape index (κ2) is 4.45. The lowest BCUT2D eigenvalue weighted by Crippen LogP contribution is -2.38. The van der Waals surface area contributed by atoms with Gasteiger partial charge in [-0.15, -0.1) is 0 Å². The maximum Gasteiger partial charge on any atom is 0.414 e. The average molecular weight is 234 g/mol. The van der Waals surface area contributed by atoms with Gasteiger partial charge in [-0.05, 0) is 19.1 Å². The van der Waals surface area contributed by atoms with Gasteiger partial charge in [0.05, 0.1) is 18.5 Å². The summed E-state index contributed by atoms with van der Waals surface area (Å²) in [6.07, 6.45) is -0.203. The van der Waals surface area contributed by atoms with E-state index in [4.69, 9.17) is 4.74 Å². The Morgan fingerprint density at radius 1 is 1.47 bits per heavy atom. The molecule has 0 spiro atoms. The van der Waals surface area contributed by atoms with E-state index in [1.165, 1.54) is 12.0 Å². The maximum absolute atomic E-state index is 11.8. The lowest BCUT2D eigenvalue weighted by Gasteiger charge is -2.25. The van der Waals surface area contributed by atoms with Crippen LogP contribution in [-0.4, -0.2) is 25.2 Å². The van der Waals surface area contributed by atoms with Crippen molar-refractivity contribution >= 4 is 23.4 Å². The van der Waals surface area contributed by atoms with Crippen molar-refractivity contribution in [1.29, 1.82) is 0 Å². The molecular weight excluding hydrogens is 220 g/mol. The Hall–Kier alpha value is -2.04. The van der Waals surface area contributed by atoms with Crippen molar-refractivity contribution in [2.75, 3.05) is 17.3 Å². The number of carbonyl (C=O) groups is 2. The summed E-state index contributed by atoms with van der Waals surface area (Å²) in [7, 11) is 1.33. The van der Waals surface area contributed by atoms with Crippen LogP contribution < -0.4 is 10.2 Å². The third kappa shape index (κ3) is 2.08. The molecule has 1 heterocycles. The molecule has 0 bridgehead atoms. The van der Waals surface area contributed by atoms with Crippen LogP contribution in [0.3, 0.4) is 0 Å². The van der Waals surface area contributed by atoms with E-state index in [1.807, 2.05) is 19.1 Å². The van der Waals surface area contributed by atoms with Crippen molar-refractivity contribution in [1.82, 2.24) is 0 Å². The molecule has 0 aromatic heterocycles. The van der Waals surface area contributed by atoms with Gasteiger partial charge < -0.3 is 10.1 Å². The van der Waals surface area contributed by atoms with E-state index in [0.717, 1.165) is 0 Å². The lowest BCUT2D eigenvalue weighted by molar-refractivity contribution is -0.116. The van der Waals surface area contributed by atoms with E-state index in [9.17, 15) is 9.59 Å². The molecule has 2 amide bonds. The number of ether oxygens (including phenoxy) is 1. The number of anilines is 2. The van der Waals surface area contributed by atoms with E-state index in [-0.39, 0.29) is 18.4 Å². The molecule has 5 heteroatoms. The molecule has 0 fully saturated rings. The zero-order valence-corrected chi connectivity index (χ0v) is 9.77. The molecule has 1 atom stereocenters. The number of nitrogens with one attached hydrogen (secondary N) is 1. The van der Waals surface area contributed by atoms with Gasteiger partial charge in [0.25, 0.3) is 0 Å². The van der Waals surface area contributed by atoms with E-state index in [1.54, 1.807) is 12.1 Å². The van der Waals surface area contributed by atoms with E-state index < -0.39 is 6.09 Å². The number of nitrogens with zero attached hydrogens (tertiary/aromatic N) is 1. The lowest BCUT2D eigenvalue weighted by atomic mass is 10.2. The van der Waals surface area contributed by atoms with Crippen LogP contribution in [0, 0.1) is 0 Å². The molecule has 1 aromatic carbocycles. The first-order chi connectivity index (χ1) is 8.13.